The Labute approximate surface area is 300 Å². The molecule has 250 valence electrons. The van der Waals surface area contributed by atoms with Crippen LogP contribution >= 0.6 is 23.5 Å². The molecule has 0 fully saturated rings. The van der Waals surface area contributed by atoms with E-state index >= 15 is 0 Å². The molecule has 0 N–H and O–H groups in total. The molecule has 0 spiro atoms. The van der Waals surface area contributed by atoms with Gasteiger partial charge in [-0.3, -0.25) is 4.57 Å². The number of rotatable bonds is 9. The molecule has 0 aliphatic carbocycles. The third-order valence-corrected chi connectivity index (χ3v) is 13.3. The van der Waals surface area contributed by atoms with Crippen molar-refractivity contribution < 1.29 is 16.8 Å². The molecule has 0 bridgehead atoms. The lowest BCUT2D eigenvalue weighted by Crippen LogP contribution is -2.06. The van der Waals surface area contributed by atoms with Crippen LogP contribution < -0.4 is 0 Å². The summed E-state index contributed by atoms with van der Waals surface area (Å²) in [6.45, 7) is 0. The zero-order valence-electron chi connectivity index (χ0n) is 26.2. The van der Waals surface area contributed by atoms with E-state index in [4.69, 9.17) is 0 Å². The van der Waals surface area contributed by atoms with Gasteiger partial charge in [-0.15, -0.1) is 20.4 Å². The van der Waals surface area contributed by atoms with Crippen molar-refractivity contribution in [2.75, 3.05) is 0 Å². The minimum absolute atomic E-state index is 0.0333. The number of hydrogen-bond donors (Lipinski definition) is 0. The number of pyridine rings is 2. The molecule has 51 heavy (non-hydrogen) atoms. The maximum absolute atomic E-state index is 14.1. The summed E-state index contributed by atoms with van der Waals surface area (Å²) in [5.41, 5.74) is 0.867. The Kier molecular flexibility index (Phi) is 8.55. The molecule has 4 aromatic carbocycles. The van der Waals surface area contributed by atoms with Crippen LogP contribution in [-0.4, -0.2) is 51.8 Å². The van der Waals surface area contributed by atoms with E-state index in [1.54, 1.807) is 65.5 Å². The second-order valence-electron chi connectivity index (χ2n) is 11.0. The molecule has 0 amide bonds. The minimum atomic E-state index is -4.00. The van der Waals surface area contributed by atoms with E-state index in [2.05, 4.69) is 30.4 Å². The van der Waals surface area contributed by atoms with Gasteiger partial charge >= 0.3 is 0 Å². The van der Waals surface area contributed by atoms with Crippen LogP contribution in [0, 0.1) is 0 Å². The topological polar surface area (TPSA) is 151 Å². The average Bonchev–Trinajstić information content (AvgIpc) is 3.49. The Bertz CT molecular complexity index is 2610. The smallest absolute Gasteiger partial charge is 0.273 e. The molecule has 0 radical (unpaired) electrons. The van der Waals surface area contributed by atoms with Crippen molar-refractivity contribution in [2.45, 2.75) is 39.4 Å². The summed E-state index contributed by atoms with van der Waals surface area (Å²) in [6, 6.07) is 34.0. The molecule has 4 heterocycles. The first kappa shape index (κ1) is 32.7. The number of benzene rings is 4. The lowest BCUT2D eigenvalue weighted by Gasteiger charge is -2.09. The van der Waals surface area contributed by atoms with Gasteiger partial charge in [0.2, 0.25) is 19.7 Å². The van der Waals surface area contributed by atoms with Gasteiger partial charge in [-0.05, 0) is 84.9 Å². The Morgan fingerprint density at radius 1 is 0.490 bits per heavy atom. The lowest BCUT2D eigenvalue weighted by atomic mass is 10.1. The molecular weight excluding hydrogens is 723 g/mol. The SMILES string of the molecule is O=S(=O)(c1cccc(Sc2ccccn2)c1)c1ccc2c3ccc(S(=O)(=O)c4cccc(Sc5ccccn5)c4)cc3n(-c3nncnn3)c2c1. The van der Waals surface area contributed by atoms with Crippen molar-refractivity contribution >= 4 is 65.0 Å². The zero-order valence-corrected chi connectivity index (χ0v) is 29.4. The van der Waals surface area contributed by atoms with Gasteiger partial charge in [0.1, 0.15) is 10.1 Å². The molecule has 0 saturated carbocycles. The summed E-state index contributed by atoms with van der Waals surface area (Å²) < 4.78 is 57.8. The largest absolute Gasteiger partial charge is 0.275 e. The molecular formula is C36H23N7O4S4. The minimum Gasteiger partial charge on any atom is -0.275 e. The Hall–Kier alpha value is -5.48. The third kappa shape index (κ3) is 6.36. The second kappa shape index (κ2) is 13.3. The van der Waals surface area contributed by atoms with Crippen LogP contribution in [0.4, 0.5) is 0 Å². The highest BCUT2D eigenvalue weighted by Gasteiger charge is 2.25. The highest BCUT2D eigenvalue weighted by Crippen LogP contribution is 2.37. The van der Waals surface area contributed by atoms with E-state index < -0.39 is 19.7 Å². The highest BCUT2D eigenvalue weighted by molar-refractivity contribution is 7.99. The first-order chi connectivity index (χ1) is 24.8. The van der Waals surface area contributed by atoms with Gasteiger partial charge in [-0.25, -0.2) is 26.8 Å². The first-order valence-electron chi connectivity index (χ1n) is 15.2. The summed E-state index contributed by atoms with van der Waals surface area (Å²) in [6.07, 6.45) is 4.53. The fourth-order valence-electron chi connectivity index (χ4n) is 5.55. The molecule has 0 aliphatic heterocycles. The van der Waals surface area contributed by atoms with Gasteiger partial charge in [0.05, 0.1) is 30.6 Å². The van der Waals surface area contributed by atoms with E-state index in [-0.39, 0.29) is 25.5 Å². The van der Waals surface area contributed by atoms with E-state index in [0.29, 0.717) is 21.8 Å². The molecule has 11 nitrogen and oxygen atoms in total. The molecule has 15 heteroatoms. The Morgan fingerprint density at radius 2 is 0.961 bits per heavy atom. The van der Waals surface area contributed by atoms with Gasteiger partial charge in [0, 0.05) is 33.0 Å². The summed E-state index contributed by atoms with van der Waals surface area (Å²) in [5, 5.41) is 18.9. The quantitative estimate of drug-likeness (QED) is 0.148. The van der Waals surface area contributed by atoms with E-state index in [1.165, 1.54) is 54.1 Å². The van der Waals surface area contributed by atoms with E-state index in [0.717, 1.165) is 19.8 Å². The lowest BCUT2D eigenvalue weighted by molar-refractivity contribution is 0.594. The normalized spacial score (nSPS) is 12.0. The van der Waals surface area contributed by atoms with Gasteiger partial charge in [-0.2, -0.15) is 0 Å². The first-order valence-corrected chi connectivity index (χ1v) is 19.8. The van der Waals surface area contributed by atoms with Crippen LogP contribution in [0.1, 0.15) is 0 Å². The number of hydrogen-bond acceptors (Lipinski definition) is 12. The van der Waals surface area contributed by atoms with Crippen LogP contribution in [0.25, 0.3) is 27.8 Å². The molecule has 0 saturated heterocycles. The molecule has 4 aromatic heterocycles. The maximum atomic E-state index is 14.1. The molecule has 0 atom stereocenters. The molecule has 8 aromatic rings. The Balaban J connectivity index is 1.23. The summed E-state index contributed by atoms with van der Waals surface area (Å²) in [7, 11) is -7.99. The van der Waals surface area contributed by atoms with Crippen LogP contribution in [-0.2, 0) is 19.7 Å². The number of sulfone groups is 2. The standard InChI is InChI=1S/C36H23N7O4S4/c44-50(45,26-9-5-7-24(19-26)48-34-11-1-3-17-37-34)28-13-15-30-31-16-14-29(22-33(31)43(32(30)21-28)36-41-39-23-40-42-36)51(46,47)27-10-6-8-25(20-27)49-35-12-2-4-18-38-35/h1-23H. The summed E-state index contributed by atoms with van der Waals surface area (Å²) in [4.78, 5) is 10.4. The number of nitrogens with zero attached hydrogens (tertiary/aromatic N) is 7. The van der Waals surface area contributed by atoms with E-state index in [9.17, 15) is 16.8 Å². The van der Waals surface area contributed by atoms with Crippen LogP contribution in [0.2, 0.25) is 0 Å². The summed E-state index contributed by atoms with van der Waals surface area (Å²) in [5.74, 6) is 0.0455. The molecule has 0 unspecified atom stereocenters. The second-order valence-corrected chi connectivity index (χ2v) is 17.1. The average molecular weight is 746 g/mol. The Morgan fingerprint density at radius 3 is 1.41 bits per heavy atom. The monoisotopic (exact) mass is 745 g/mol. The molecule has 0 aliphatic rings. The van der Waals surface area contributed by atoms with Crippen molar-refractivity contribution in [3.8, 4) is 5.95 Å². The predicted molar refractivity (Wildman–Crippen MR) is 192 cm³/mol. The van der Waals surface area contributed by atoms with Crippen molar-refractivity contribution in [3.05, 3.63) is 140 Å². The predicted octanol–water partition coefficient (Wildman–Crippen LogP) is 7.12. The van der Waals surface area contributed by atoms with Crippen molar-refractivity contribution in [1.29, 1.82) is 0 Å². The van der Waals surface area contributed by atoms with Gasteiger partial charge in [0.25, 0.3) is 5.95 Å². The van der Waals surface area contributed by atoms with Gasteiger partial charge in [-0.1, -0.05) is 59.9 Å². The van der Waals surface area contributed by atoms with Gasteiger partial charge in [0.15, 0.2) is 6.33 Å². The van der Waals surface area contributed by atoms with E-state index in [1.807, 2.05) is 48.5 Å². The van der Waals surface area contributed by atoms with Crippen LogP contribution in [0.15, 0.2) is 179 Å². The fraction of sp³-hybridized carbons (Fsp3) is 0. The zero-order chi connectivity index (χ0) is 35.0. The van der Waals surface area contributed by atoms with Crippen LogP contribution in [0.5, 0.6) is 0 Å². The highest BCUT2D eigenvalue weighted by atomic mass is 32.2. The van der Waals surface area contributed by atoms with Gasteiger partial charge < -0.3 is 0 Å². The number of aromatic nitrogens is 7. The number of fused-ring (bicyclic) bond motifs is 3. The van der Waals surface area contributed by atoms with Crippen molar-refractivity contribution in [1.82, 2.24) is 34.9 Å². The van der Waals surface area contributed by atoms with Crippen molar-refractivity contribution in [3.63, 3.8) is 0 Å². The summed E-state index contributed by atoms with van der Waals surface area (Å²) >= 11 is 2.72. The third-order valence-electron chi connectivity index (χ3n) is 7.88. The molecule has 8 rings (SSSR count). The fourth-order valence-corrected chi connectivity index (χ4v) is 10.0. The maximum Gasteiger partial charge on any atom is 0.273 e. The van der Waals surface area contributed by atoms with Crippen LogP contribution in [0.3, 0.4) is 0 Å². The van der Waals surface area contributed by atoms with Crippen molar-refractivity contribution in [2.24, 2.45) is 0 Å².